The van der Waals surface area contributed by atoms with Gasteiger partial charge in [0.2, 0.25) is 12.7 Å². The van der Waals surface area contributed by atoms with E-state index in [-0.39, 0.29) is 49.1 Å². The van der Waals surface area contributed by atoms with E-state index in [1.165, 1.54) is 12.1 Å². The van der Waals surface area contributed by atoms with Crippen molar-refractivity contribution in [2.45, 2.75) is 32.5 Å². The number of halogens is 1. The Kier molecular flexibility index (Phi) is 7.49. The Balaban J connectivity index is 1.41. The number of aliphatic hydroxyl groups excluding tert-OH is 1. The summed E-state index contributed by atoms with van der Waals surface area (Å²) in [6.45, 7) is 5.62. The largest absolute Gasteiger partial charge is 0.472 e. The molecule has 200 valence electrons. The molecule has 38 heavy (non-hydrogen) atoms. The van der Waals surface area contributed by atoms with E-state index in [0.717, 1.165) is 22.6 Å². The van der Waals surface area contributed by atoms with E-state index >= 15 is 0 Å². The van der Waals surface area contributed by atoms with E-state index in [0.29, 0.717) is 30.8 Å². The first-order valence-corrected chi connectivity index (χ1v) is 12.7. The second kappa shape index (κ2) is 11.0. The number of hydrogen-bond donors (Lipinski definition) is 1. The maximum absolute atomic E-state index is 13.6. The molecule has 0 fully saturated rings. The number of benzene rings is 2. The number of hydrogen-bond acceptors (Lipinski definition) is 7. The van der Waals surface area contributed by atoms with Crippen LogP contribution in [0.2, 0.25) is 0 Å². The second-order valence-corrected chi connectivity index (χ2v) is 10.1. The Morgan fingerprint density at radius 3 is 2.66 bits per heavy atom. The van der Waals surface area contributed by atoms with Gasteiger partial charge in [0.25, 0.3) is 5.91 Å². The van der Waals surface area contributed by atoms with Crippen LogP contribution in [0.1, 0.15) is 29.8 Å². The van der Waals surface area contributed by atoms with Crippen LogP contribution in [0.3, 0.4) is 0 Å². The van der Waals surface area contributed by atoms with E-state index in [2.05, 4.69) is 9.88 Å². The molecular weight excluding hydrogens is 489 g/mol. The molecule has 1 amide bonds. The Morgan fingerprint density at radius 1 is 1.13 bits per heavy atom. The minimum absolute atomic E-state index is 0.0288. The van der Waals surface area contributed by atoms with E-state index in [1.807, 2.05) is 39.1 Å². The number of fused-ring (bicyclic) bond motifs is 2. The lowest BCUT2D eigenvalue weighted by Crippen LogP contribution is -2.49. The molecule has 2 aliphatic heterocycles. The average molecular weight is 522 g/mol. The number of carbonyl (C=O) groups excluding carboxylic acids is 1. The first kappa shape index (κ1) is 25.9. The Labute approximate surface area is 221 Å². The Hall–Kier alpha value is -3.69. The first-order chi connectivity index (χ1) is 18.3. The Bertz CT molecular complexity index is 1300. The summed E-state index contributed by atoms with van der Waals surface area (Å²) in [6, 6.07) is 13.3. The molecule has 0 aliphatic carbocycles. The lowest BCUT2D eigenvalue weighted by atomic mass is 9.99. The molecule has 0 saturated heterocycles. The van der Waals surface area contributed by atoms with Crippen LogP contribution in [0.4, 0.5) is 4.39 Å². The standard InChI is InChI=1S/C29H32FN3O5/c1-18-13-33(19(2)16-34)29(35)24-11-22(21-5-7-23(30)8-6-21)12-31-28(24)38-27(18)15-32(3)14-20-4-9-25-26(10-20)37-17-36-25/h4-12,18-19,27,34H,13-17H2,1-3H3/t18-,19+,27-/m0/s1. The van der Waals surface area contributed by atoms with Crippen molar-refractivity contribution in [3.8, 4) is 28.5 Å². The van der Waals surface area contributed by atoms with E-state index in [4.69, 9.17) is 14.2 Å². The van der Waals surface area contributed by atoms with E-state index in [9.17, 15) is 14.3 Å². The first-order valence-electron chi connectivity index (χ1n) is 12.7. The molecular formula is C29H32FN3O5. The minimum atomic E-state index is -0.377. The van der Waals surface area contributed by atoms with Crippen LogP contribution in [0, 0.1) is 11.7 Å². The van der Waals surface area contributed by atoms with Crippen molar-refractivity contribution in [1.29, 1.82) is 0 Å². The number of nitrogens with zero attached hydrogens (tertiary/aromatic N) is 3. The summed E-state index contributed by atoms with van der Waals surface area (Å²) in [5.74, 6) is 1.13. The van der Waals surface area contributed by atoms with Crippen molar-refractivity contribution in [2.24, 2.45) is 5.92 Å². The molecule has 5 rings (SSSR count). The van der Waals surface area contributed by atoms with E-state index < -0.39 is 0 Å². The average Bonchev–Trinajstić information content (AvgIpc) is 3.38. The molecule has 1 aromatic heterocycles. The third kappa shape index (κ3) is 5.44. The molecule has 3 heterocycles. The van der Waals surface area contributed by atoms with Gasteiger partial charge in [-0.05, 0) is 55.4 Å². The number of rotatable bonds is 7. The molecule has 0 spiro atoms. The number of aromatic nitrogens is 1. The maximum Gasteiger partial charge on any atom is 0.259 e. The van der Waals surface area contributed by atoms with Crippen molar-refractivity contribution in [1.82, 2.24) is 14.8 Å². The minimum Gasteiger partial charge on any atom is -0.472 e. The van der Waals surface area contributed by atoms with Gasteiger partial charge < -0.3 is 24.2 Å². The molecule has 2 aromatic carbocycles. The van der Waals surface area contributed by atoms with Crippen molar-refractivity contribution >= 4 is 5.91 Å². The predicted octanol–water partition coefficient (Wildman–Crippen LogP) is 3.97. The van der Waals surface area contributed by atoms with Crippen molar-refractivity contribution in [3.63, 3.8) is 0 Å². The van der Waals surface area contributed by atoms with Crippen LogP contribution in [-0.2, 0) is 6.54 Å². The molecule has 8 nitrogen and oxygen atoms in total. The summed E-state index contributed by atoms with van der Waals surface area (Å²) in [5.41, 5.74) is 2.83. The predicted molar refractivity (Wildman–Crippen MR) is 140 cm³/mol. The van der Waals surface area contributed by atoms with Gasteiger partial charge in [0.15, 0.2) is 11.5 Å². The van der Waals surface area contributed by atoms with Crippen molar-refractivity contribution in [3.05, 3.63) is 71.7 Å². The highest BCUT2D eigenvalue weighted by molar-refractivity contribution is 5.98. The molecule has 0 saturated carbocycles. The van der Waals surface area contributed by atoms with Crippen LogP contribution in [-0.4, -0.2) is 71.5 Å². The highest BCUT2D eigenvalue weighted by Gasteiger charge is 2.34. The number of aliphatic hydroxyl groups is 1. The van der Waals surface area contributed by atoms with Gasteiger partial charge in [-0.2, -0.15) is 0 Å². The van der Waals surface area contributed by atoms with Crippen LogP contribution >= 0.6 is 0 Å². The summed E-state index contributed by atoms with van der Waals surface area (Å²) < 4.78 is 30.8. The lowest BCUT2D eigenvalue weighted by molar-refractivity contribution is 0.0325. The van der Waals surface area contributed by atoms with Crippen LogP contribution in [0.5, 0.6) is 17.4 Å². The highest BCUT2D eigenvalue weighted by Crippen LogP contribution is 2.33. The van der Waals surface area contributed by atoms with Crippen LogP contribution in [0.25, 0.3) is 11.1 Å². The number of pyridine rings is 1. The molecule has 3 atom stereocenters. The molecule has 0 unspecified atom stereocenters. The van der Waals surface area contributed by atoms with Gasteiger partial charge in [0.1, 0.15) is 17.5 Å². The zero-order valence-corrected chi connectivity index (χ0v) is 21.8. The normalized spacial score (nSPS) is 19.5. The smallest absolute Gasteiger partial charge is 0.259 e. The molecule has 3 aromatic rings. The fourth-order valence-corrected chi connectivity index (χ4v) is 4.84. The van der Waals surface area contributed by atoms with Gasteiger partial charge in [0.05, 0.1) is 12.6 Å². The van der Waals surface area contributed by atoms with Gasteiger partial charge in [0, 0.05) is 37.3 Å². The van der Waals surface area contributed by atoms with Gasteiger partial charge in [-0.25, -0.2) is 9.37 Å². The maximum atomic E-state index is 13.6. The summed E-state index contributed by atoms with van der Waals surface area (Å²) in [7, 11) is 2.02. The third-order valence-corrected chi connectivity index (χ3v) is 7.08. The number of amides is 1. The summed E-state index contributed by atoms with van der Waals surface area (Å²) in [5, 5.41) is 9.90. The van der Waals surface area contributed by atoms with Gasteiger partial charge >= 0.3 is 0 Å². The zero-order chi connectivity index (χ0) is 26.8. The summed E-state index contributed by atoms with van der Waals surface area (Å²) in [4.78, 5) is 22.0. The number of carbonyl (C=O) groups is 1. The molecule has 0 bridgehead atoms. The van der Waals surface area contributed by atoms with Gasteiger partial charge in [-0.1, -0.05) is 25.1 Å². The van der Waals surface area contributed by atoms with Crippen molar-refractivity contribution in [2.75, 3.05) is 33.5 Å². The Morgan fingerprint density at radius 2 is 1.89 bits per heavy atom. The zero-order valence-electron chi connectivity index (χ0n) is 21.8. The molecule has 1 N–H and O–H groups in total. The molecule has 0 radical (unpaired) electrons. The summed E-state index contributed by atoms with van der Waals surface area (Å²) >= 11 is 0. The number of likely N-dealkylation sites (N-methyl/N-ethyl adjacent to an activating group) is 1. The fourth-order valence-electron chi connectivity index (χ4n) is 4.84. The van der Waals surface area contributed by atoms with Crippen LogP contribution < -0.4 is 14.2 Å². The second-order valence-electron chi connectivity index (χ2n) is 10.1. The monoisotopic (exact) mass is 521 g/mol. The van der Waals surface area contributed by atoms with Crippen LogP contribution in [0.15, 0.2) is 54.7 Å². The third-order valence-electron chi connectivity index (χ3n) is 7.08. The fraction of sp³-hybridized carbons (Fsp3) is 0.379. The van der Waals surface area contributed by atoms with E-state index in [1.54, 1.807) is 29.3 Å². The number of ether oxygens (including phenoxy) is 3. The lowest BCUT2D eigenvalue weighted by Gasteiger charge is -2.37. The summed E-state index contributed by atoms with van der Waals surface area (Å²) in [6.07, 6.45) is 1.37. The quantitative estimate of drug-likeness (QED) is 0.504. The van der Waals surface area contributed by atoms with Crippen molar-refractivity contribution < 1.29 is 28.5 Å². The molecule has 2 aliphatic rings. The SMILES string of the molecule is C[C@H](CO)N1C[C@H](C)[C@H](CN(C)Cc2ccc3c(c2)OCO3)Oc2ncc(-c3ccc(F)cc3)cc2C1=O. The molecule has 9 heteroatoms. The van der Waals surface area contributed by atoms with Gasteiger partial charge in [-0.15, -0.1) is 0 Å². The topological polar surface area (TPSA) is 84.4 Å². The van der Waals surface area contributed by atoms with Gasteiger partial charge in [-0.3, -0.25) is 9.69 Å². The highest BCUT2D eigenvalue weighted by atomic mass is 19.1.